The van der Waals surface area contributed by atoms with Gasteiger partial charge >= 0.3 is 0 Å². The van der Waals surface area contributed by atoms with Crippen LogP contribution in [0, 0.1) is 25.2 Å². The normalized spacial score (nSPS) is 14.4. The second kappa shape index (κ2) is 10.0. The summed E-state index contributed by atoms with van der Waals surface area (Å²) in [6, 6.07) is 12.3. The van der Waals surface area contributed by atoms with Crippen LogP contribution in [0.1, 0.15) is 16.7 Å². The van der Waals surface area contributed by atoms with Gasteiger partial charge in [0.15, 0.2) is 18.1 Å². The van der Waals surface area contributed by atoms with Crippen LogP contribution < -0.4 is 14.8 Å². The molecule has 1 heterocycles. The van der Waals surface area contributed by atoms with Crippen molar-refractivity contribution in [3.05, 3.63) is 58.0 Å². The number of aryl methyl sites for hydroxylation is 2. The molecule has 1 aliphatic heterocycles. The van der Waals surface area contributed by atoms with E-state index in [1.807, 2.05) is 32.0 Å². The van der Waals surface area contributed by atoms with Crippen LogP contribution in [0.2, 0.25) is 0 Å². The van der Waals surface area contributed by atoms with Crippen molar-refractivity contribution in [1.29, 1.82) is 5.26 Å². The van der Waals surface area contributed by atoms with Crippen LogP contribution in [0.25, 0.3) is 6.08 Å². The van der Waals surface area contributed by atoms with E-state index in [1.54, 1.807) is 30.3 Å². The van der Waals surface area contributed by atoms with E-state index in [0.717, 1.165) is 27.8 Å². The highest BCUT2D eigenvalue weighted by molar-refractivity contribution is 8.18. The number of nitrogens with one attached hydrogen (secondary N) is 1. The summed E-state index contributed by atoms with van der Waals surface area (Å²) in [5.41, 5.74) is 3.33. The highest BCUT2D eigenvalue weighted by Crippen LogP contribution is 2.34. The number of methoxy groups -OCH3 is 1. The number of benzene rings is 2. The van der Waals surface area contributed by atoms with Gasteiger partial charge in [0.25, 0.3) is 11.1 Å². The summed E-state index contributed by atoms with van der Waals surface area (Å²) in [5, 5.41) is 10.8. The molecule has 8 nitrogen and oxygen atoms in total. The molecule has 0 unspecified atom stereocenters. The molecule has 0 bridgehead atoms. The van der Waals surface area contributed by atoms with Gasteiger partial charge in [-0.25, -0.2) is 0 Å². The zero-order chi connectivity index (χ0) is 23.3. The number of hydrogen-bond acceptors (Lipinski definition) is 7. The van der Waals surface area contributed by atoms with Crippen molar-refractivity contribution in [2.75, 3.05) is 25.6 Å². The minimum atomic E-state index is -0.543. The molecule has 0 saturated carbocycles. The number of thioether (sulfide) groups is 1. The van der Waals surface area contributed by atoms with E-state index in [0.29, 0.717) is 22.7 Å². The van der Waals surface area contributed by atoms with Gasteiger partial charge in [-0.05, 0) is 72.6 Å². The fourth-order valence-electron chi connectivity index (χ4n) is 2.95. The molecule has 1 N–H and O–H groups in total. The molecular weight excluding hydrogens is 430 g/mol. The quantitative estimate of drug-likeness (QED) is 0.636. The van der Waals surface area contributed by atoms with E-state index in [4.69, 9.17) is 14.7 Å². The van der Waals surface area contributed by atoms with Gasteiger partial charge < -0.3 is 14.8 Å². The number of hydrogen-bond donors (Lipinski definition) is 1. The van der Waals surface area contributed by atoms with Crippen molar-refractivity contribution in [3.8, 4) is 17.6 Å². The molecule has 1 aliphatic rings. The molecule has 3 rings (SSSR count). The smallest absolute Gasteiger partial charge is 0.294 e. The van der Waals surface area contributed by atoms with Crippen LogP contribution in [-0.2, 0) is 9.59 Å². The lowest BCUT2D eigenvalue weighted by Crippen LogP contribution is -2.36. The average molecular weight is 452 g/mol. The highest BCUT2D eigenvalue weighted by Gasteiger charge is 2.36. The van der Waals surface area contributed by atoms with Crippen molar-refractivity contribution in [3.63, 3.8) is 0 Å². The van der Waals surface area contributed by atoms with Gasteiger partial charge in [0.1, 0.15) is 12.6 Å². The van der Waals surface area contributed by atoms with Crippen molar-refractivity contribution in [2.45, 2.75) is 13.8 Å². The van der Waals surface area contributed by atoms with Gasteiger partial charge in [-0.2, -0.15) is 5.26 Å². The summed E-state index contributed by atoms with van der Waals surface area (Å²) >= 11 is 0.764. The summed E-state index contributed by atoms with van der Waals surface area (Å²) in [4.78, 5) is 38.5. The van der Waals surface area contributed by atoms with E-state index in [9.17, 15) is 14.4 Å². The Hall–Kier alpha value is -3.77. The fraction of sp³-hybridized carbons (Fsp3) is 0.217. The molecule has 2 aromatic carbocycles. The predicted molar refractivity (Wildman–Crippen MR) is 121 cm³/mol. The molecule has 3 amide bonds. The Bertz CT molecular complexity index is 1150. The summed E-state index contributed by atoms with van der Waals surface area (Å²) in [6.45, 7) is 3.40. The molecule has 0 radical (unpaired) electrons. The highest BCUT2D eigenvalue weighted by atomic mass is 32.2. The standard InChI is InChI=1S/C23H21N3O5S/c1-14-4-6-17(10-15(14)2)25-21(27)13-26-22(28)20(32-23(26)29)12-16-5-7-18(31-9-8-24)19(11-16)30-3/h4-7,10-12H,9,13H2,1-3H3,(H,25,27)/b20-12+. The molecule has 1 fully saturated rings. The summed E-state index contributed by atoms with van der Waals surface area (Å²) < 4.78 is 10.5. The third-order valence-electron chi connectivity index (χ3n) is 4.74. The van der Waals surface area contributed by atoms with E-state index in [2.05, 4.69) is 5.32 Å². The third-order valence-corrected chi connectivity index (χ3v) is 5.65. The summed E-state index contributed by atoms with van der Waals surface area (Å²) in [5.74, 6) is -0.222. The van der Waals surface area contributed by atoms with Crippen molar-refractivity contribution >= 4 is 40.6 Å². The summed E-state index contributed by atoms with van der Waals surface area (Å²) in [6.07, 6.45) is 1.54. The van der Waals surface area contributed by atoms with Crippen LogP contribution in [0.5, 0.6) is 11.5 Å². The number of nitrogens with zero attached hydrogens (tertiary/aromatic N) is 2. The lowest BCUT2D eigenvalue weighted by molar-refractivity contribution is -0.127. The summed E-state index contributed by atoms with van der Waals surface area (Å²) in [7, 11) is 1.46. The van der Waals surface area contributed by atoms with E-state index < -0.39 is 17.1 Å². The zero-order valence-corrected chi connectivity index (χ0v) is 18.6. The maximum atomic E-state index is 12.7. The van der Waals surface area contributed by atoms with Gasteiger partial charge in [0.2, 0.25) is 5.91 Å². The Morgan fingerprint density at radius 1 is 1.16 bits per heavy atom. The predicted octanol–water partition coefficient (Wildman–Crippen LogP) is 3.89. The number of ether oxygens (including phenoxy) is 2. The van der Waals surface area contributed by atoms with E-state index >= 15 is 0 Å². The number of carbonyl (C=O) groups is 3. The number of carbonyl (C=O) groups excluding carboxylic acids is 3. The topological polar surface area (TPSA) is 109 Å². The number of nitriles is 1. The van der Waals surface area contributed by atoms with Gasteiger partial charge in [-0.15, -0.1) is 0 Å². The molecular formula is C23H21N3O5S. The minimum Gasteiger partial charge on any atom is -0.493 e. The van der Waals surface area contributed by atoms with Gasteiger partial charge in [0, 0.05) is 5.69 Å². The van der Waals surface area contributed by atoms with Gasteiger partial charge in [-0.1, -0.05) is 12.1 Å². The lowest BCUT2D eigenvalue weighted by Gasteiger charge is -2.13. The fourth-order valence-corrected chi connectivity index (χ4v) is 3.79. The molecule has 9 heteroatoms. The van der Waals surface area contributed by atoms with E-state index in [1.165, 1.54) is 7.11 Å². The molecule has 164 valence electrons. The third kappa shape index (κ3) is 5.28. The first-order valence-electron chi connectivity index (χ1n) is 9.62. The molecule has 0 aliphatic carbocycles. The molecule has 0 spiro atoms. The first kappa shape index (κ1) is 22.9. The van der Waals surface area contributed by atoms with Crippen molar-refractivity contribution in [2.24, 2.45) is 0 Å². The maximum absolute atomic E-state index is 12.7. The monoisotopic (exact) mass is 451 g/mol. The first-order chi connectivity index (χ1) is 15.3. The maximum Gasteiger partial charge on any atom is 0.294 e. The van der Waals surface area contributed by atoms with Gasteiger partial charge in [-0.3, -0.25) is 19.3 Å². The first-order valence-corrected chi connectivity index (χ1v) is 10.4. The Balaban J connectivity index is 1.71. The molecule has 0 aromatic heterocycles. The molecule has 32 heavy (non-hydrogen) atoms. The number of imide groups is 1. The average Bonchev–Trinajstić information content (AvgIpc) is 3.02. The largest absolute Gasteiger partial charge is 0.493 e. The van der Waals surface area contributed by atoms with Crippen molar-refractivity contribution < 1.29 is 23.9 Å². The van der Waals surface area contributed by atoms with Crippen LogP contribution >= 0.6 is 11.8 Å². The van der Waals surface area contributed by atoms with Gasteiger partial charge in [0.05, 0.1) is 12.0 Å². The Kier molecular flexibility index (Phi) is 7.18. The van der Waals surface area contributed by atoms with Crippen molar-refractivity contribution in [1.82, 2.24) is 4.90 Å². The second-order valence-electron chi connectivity index (χ2n) is 6.97. The molecule has 1 saturated heterocycles. The minimum absolute atomic E-state index is 0.126. The van der Waals surface area contributed by atoms with Crippen LogP contribution in [-0.4, -0.2) is 42.2 Å². The van der Waals surface area contributed by atoms with Crippen LogP contribution in [0.15, 0.2) is 41.3 Å². The SMILES string of the molecule is COc1cc(/C=C2/SC(=O)N(CC(=O)Nc3ccc(C)c(C)c3)C2=O)ccc1OCC#N. The Labute approximate surface area is 189 Å². The number of anilines is 1. The number of rotatable bonds is 7. The number of amides is 3. The zero-order valence-electron chi connectivity index (χ0n) is 17.8. The Morgan fingerprint density at radius 2 is 1.94 bits per heavy atom. The lowest BCUT2D eigenvalue weighted by atomic mass is 10.1. The second-order valence-corrected chi connectivity index (χ2v) is 7.97. The molecule has 0 atom stereocenters. The van der Waals surface area contributed by atoms with Crippen LogP contribution in [0.3, 0.4) is 0 Å². The molecule has 2 aromatic rings. The van der Waals surface area contributed by atoms with Crippen LogP contribution in [0.4, 0.5) is 10.5 Å². The van der Waals surface area contributed by atoms with E-state index in [-0.39, 0.29) is 18.1 Å². The Morgan fingerprint density at radius 3 is 2.62 bits per heavy atom.